The highest BCUT2D eigenvalue weighted by Gasteiger charge is 2.11. The third-order valence-electron chi connectivity index (χ3n) is 3.77. The van der Waals surface area contributed by atoms with Gasteiger partial charge in [0.15, 0.2) is 4.80 Å². The highest BCUT2D eigenvalue weighted by Crippen LogP contribution is 2.23. The van der Waals surface area contributed by atoms with E-state index in [-0.39, 0.29) is 5.91 Å². The van der Waals surface area contributed by atoms with Gasteiger partial charge in [0, 0.05) is 11.9 Å². The van der Waals surface area contributed by atoms with Gasteiger partial charge in [0.05, 0.1) is 15.8 Å². The lowest BCUT2D eigenvalue weighted by atomic mass is 10.1. The normalized spacial score (nSPS) is 12.1. The van der Waals surface area contributed by atoms with Crippen LogP contribution in [0.3, 0.4) is 0 Å². The topological polar surface area (TPSA) is 34.4 Å². The van der Waals surface area contributed by atoms with Gasteiger partial charge >= 0.3 is 0 Å². The lowest BCUT2D eigenvalue weighted by molar-refractivity contribution is 0.0995. The average molecular weight is 342 g/mol. The molecule has 118 valence electrons. The highest BCUT2D eigenvalue weighted by molar-refractivity contribution is 7.98. The number of aryl methyl sites for hydroxylation is 3. The maximum atomic E-state index is 12.6. The molecule has 0 saturated heterocycles. The minimum atomic E-state index is -0.188. The molecule has 1 heterocycles. The van der Waals surface area contributed by atoms with Crippen molar-refractivity contribution in [2.45, 2.75) is 18.7 Å². The Bertz CT molecular complexity index is 967. The van der Waals surface area contributed by atoms with E-state index in [9.17, 15) is 4.79 Å². The van der Waals surface area contributed by atoms with Crippen LogP contribution in [0.1, 0.15) is 21.5 Å². The molecule has 1 aromatic heterocycles. The molecule has 0 N–H and O–H groups in total. The number of carbonyl (C=O) groups excluding carboxylic acids is 1. The molecule has 5 heteroatoms. The molecular formula is C18H18N2OS2. The first-order chi connectivity index (χ1) is 11.0. The number of amides is 1. The summed E-state index contributed by atoms with van der Waals surface area (Å²) < 4.78 is 3.17. The van der Waals surface area contributed by atoms with Gasteiger partial charge in [0.1, 0.15) is 0 Å². The predicted octanol–water partition coefficient (Wildman–Crippen LogP) is 4.32. The maximum absolute atomic E-state index is 12.6. The van der Waals surface area contributed by atoms with Gasteiger partial charge in [-0.2, -0.15) is 4.99 Å². The second-order valence-electron chi connectivity index (χ2n) is 5.49. The van der Waals surface area contributed by atoms with Crippen molar-refractivity contribution in [3.63, 3.8) is 0 Å². The number of aromatic nitrogens is 1. The molecule has 0 unspecified atom stereocenters. The van der Waals surface area contributed by atoms with Crippen molar-refractivity contribution in [3.05, 3.63) is 57.9 Å². The standard InChI is InChI=1S/C18H18N2OS2/c1-11-9-12(2)16-15(10-11)23-18(20(16)3)19-17(21)13-7-5-6-8-14(13)22-4/h5-10H,1-4H3. The van der Waals surface area contributed by atoms with Crippen LogP contribution < -0.4 is 4.80 Å². The Morgan fingerprint density at radius 3 is 2.70 bits per heavy atom. The molecule has 2 aromatic carbocycles. The molecule has 0 aliphatic heterocycles. The lowest BCUT2D eigenvalue weighted by Crippen LogP contribution is -2.14. The number of fused-ring (bicyclic) bond motifs is 1. The van der Waals surface area contributed by atoms with E-state index < -0.39 is 0 Å². The maximum Gasteiger partial charge on any atom is 0.280 e. The fraction of sp³-hybridized carbons (Fsp3) is 0.222. The summed E-state index contributed by atoms with van der Waals surface area (Å²) in [6.07, 6.45) is 1.97. The van der Waals surface area contributed by atoms with Crippen molar-refractivity contribution < 1.29 is 4.79 Å². The van der Waals surface area contributed by atoms with Gasteiger partial charge in [0.25, 0.3) is 5.91 Å². The number of carbonyl (C=O) groups is 1. The van der Waals surface area contributed by atoms with Gasteiger partial charge in [-0.3, -0.25) is 4.79 Å². The quantitative estimate of drug-likeness (QED) is 0.650. The zero-order chi connectivity index (χ0) is 16.6. The number of benzene rings is 2. The number of rotatable bonds is 2. The van der Waals surface area contributed by atoms with E-state index in [0.717, 1.165) is 19.9 Å². The molecule has 0 spiro atoms. The van der Waals surface area contributed by atoms with Crippen molar-refractivity contribution in [2.24, 2.45) is 12.0 Å². The molecular weight excluding hydrogens is 324 g/mol. The van der Waals surface area contributed by atoms with E-state index in [0.29, 0.717) is 5.56 Å². The Labute approximate surface area is 143 Å². The van der Waals surface area contributed by atoms with Crippen molar-refractivity contribution in [3.8, 4) is 0 Å². The number of hydrogen-bond donors (Lipinski definition) is 0. The van der Waals surface area contributed by atoms with Crippen LogP contribution in [0.2, 0.25) is 0 Å². The van der Waals surface area contributed by atoms with E-state index >= 15 is 0 Å². The van der Waals surface area contributed by atoms with Crippen LogP contribution in [0, 0.1) is 13.8 Å². The Morgan fingerprint density at radius 2 is 1.96 bits per heavy atom. The summed E-state index contributed by atoms with van der Waals surface area (Å²) in [5, 5.41) is 0. The molecule has 0 aliphatic carbocycles. The van der Waals surface area contributed by atoms with Crippen LogP contribution in [0.25, 0.3) is 10.2 Å². The van der Waals surface area contributed by atoms with E-state index in [1.807, 2.05) is 42.1 Å². The number of hydrogen-bond acceptors (Lipinski definition) is 3. The predicted molar refractivity (Wildman–Crippen MR) is 98.4 cm³/mol. The molecule has 3 aromatic rings. The molecule has 0 atom stereocenters. The molecule has 3 nitrogen and oxygen atoms in total. The van der Waals surface area contributed by atoms with E-state index in [1.165, 1.54) is 11.1 Å². The summed E-state index contributed by atoms with van der Waals surface area (Å²) in [4.78, 5) is 18.6. The third-order valence-corrected chi connectivity index (χ3v) is 5.64. The molecule has 1 amide bonds. The zero-order valence-corrected chi connectivity index (χ0v) is 15.2. The Hall–Kier alpha value is -1.85. The Balaban J connectivity index is 2.16. The monoisotopic (exact) mass is 342 g/mol. The van der Waals surface area contributed by atoms with Gasteiger partial charge < -0.3 is 4.57 Å². The molecule has 0 saturated carbocycles. The van der Waals surface area contributed by atoms with Gasteiger partial charge in [-0.25, -0.2) is 0 Å². The van der Waals surface area contributed by atoms with Gasteiger partial charge in [0.2, 0.25) is 0 Å². The first-order valence-corrected chi connectivity index (χ1v) is 9.34. The van der Waals surface area contributed by atoms with Crippen LogP contribution in [0.5, 0.6) is 0 Å². The number of thiazole rings is 1. The van der Waals surface area contributed by atoms with Crippen LogP contribution in [0.4, 0.5) is 0 Å². The third kappa shape index (κ3) is 2.99. The van der Waals surface area contributed by atoms with Gasteiger partial charge in [-0.15, -0.1) is 11.8 Å². The Morgan fingerprint density at radius 1 is 1.22 bits per heavy atom. The van der Waals surface area contributed by atoms with Crippen LogP contribution in [-0.4, -0.2) is 16.7 Å². The van der Waals surface area contributed by atoms with E-state index in [4.69, 9.17) is 0 Å². The second-order valence-corrected chi connectivity index (χ2v) is 7.35. The summed E-state index contributed by atoms with van der Waals surface area (Å²) in [7, 11) is 1.97. The molecule has 3 rings (SSSR count). The average Bonchev–Trinajstić information content (AvgIpc) is 2.83. The van der Waals surface area contributed by atoms with Crippen molar-refractivity contribution in [1.29, 1.82) is 0 Å². The highest BCUT2D eigenvalue weighted by atomic mass is 32.2. The summed E-state index contributed by atoms with van der Waals surface area (Å²) in [5.41, 5.74) is 4.23. The second kappa shape index (κ2) is 6.34. The SMILES string of the molecule is CSc1ccccc1C(=O)N=c1sc2cc(C)cc(C)c2n1C. The molecule has 0 fully saturated rings. The fourth-order valence-corrected chi connectivity index (χ4v) is 4.54. The first-order valence-electron chi connectivity index (χ1n) is 7.30. The zero-order valence-electron chi connectivity index (χ0n) is 13.6. The molecule has 0 bridgehead atoms. The Kier molecular flexibility index (Phi) is 4.41. The minimum Gasteiger partial charge on any atom is -0.319 e. The molecule has 23 heavy (non-hydrogen) atoms. The summed E-state index contributed by atoms with van der Waals surface area (Å²) in [6, 6.07) is 11.9. The minimum absolute atomic E-state index is 0.188. The largest absolute Gasteiger partial charge is 0.319 e. The summed E-state index contributed by atoms with van der Waals surface area (Å²) in [6.45, 7) is 4.18. The van der Waals surface area contributed by atoms with E-state index in [1.54, 1.807) is 23.1 Å². The molecule has 0 aliphatic rings. The molecule has 0 radical (unpaired) electrons. The van der Waals surface area contributed by atoms with Crippen LogP contribution in [-0.2, 0) is 7.05 Å². The van der Waals surface area contributed by atoms with Crippen LogP contribution in [0.15, 0.2) is 46.3 Å². The lowest BCUT2D eigenvalue weighted by Gasteiger charge is -2.03. The number of thioether (sulfide) groups is 1. The summed E-state index contributed by atoms with van der Waals surface area (Å²) >= 11 is 3.12. The van der Waals surface area contributed by atoms with Crippen molar-refractivity contribution in [2.75, 3.05) is 6.26 Å². The van der Waals surface area contributed by atoms with Crippen LogP contribution >= 0.6 is 23.1 Å². The van der Waals surface area contributed by atoms with Gasteiger partial charge in [-0.05, 0) is 49.4 Å². The first kappa shape index (κ1) is 16.0. The van der Waals surface area contributed by atoms with Crippen molar-refractivity contribution >= 4 is 39.2 Å². The number of nitrogens with zero attached hydrogens (tertiary/aromatic N) is 2. The van der Waals surface area contributed by atoms with E-state index in [2.05, 4.69) is 31.0 Å². The van der Waals surface area contributed by atoms with Gasteiger partial charge in [-0.1, -0.05) is 29.5 Å². The fourth-order valence-electron chi connectivity index (χ4n) is 2.76. The van der Waals surface area contributed by atoms with Crippen molar-refractivity contribution in [1.82, 2.24) is 4.57 Å². The smallest absolute Gasteiger partial charge is 0.280 e. The summed E-state index contributed by atoms with van der Waals surface area (Å²) in [5.74, 6) is -0.188.